The highest BCUT2D eigenvalue weighted by atomic mass is 16.5. The molecule has 0 aliphatic rings. The molecular formula is C18H12N4O2. The molecule has 2 aromatic heterocycles. The van der Waals surface area contributed by atoms with Gasteiger partial charge in [0.25, 0.3) is 5.56 Å². The molecule has 6 heteroatoms. The zero-order chi connectivity index (χ0) is 16.4. The molecule has 2 heterocycles. The summed E-state index contributed by atoms with van der Waals surface area (Å²) in [4.78, 5) is 26.6. The van der Waals surface area contributed by atoms with Gasteiger partial charge in [0.1, 0.15) is 5.75 Å². The number of hydrogen-bond donors (Lipinski definition) is 1. The van der Waals surface area contributed by atoms with Crippen molar-refractivity contribution in [2.75, 3.05) is 0 Å². The van der Waals surface area contributed by atoms with Gasteiger partial charge in [-0.2, -0.15) is 0 Å². The molecule has 6 nitrogen and oxygen atoms in total. The SMILES string of the molecule is O=c1cnc2cc(-c3cnc(Oc4ccccc4)nc3)ccc2[nH]1. The fourth-order valence-corrected chi connectivity index (χ4v) is 2.33. The Morgan fingerprint density at radius 1 is 0.833 bits per heavy atom. The molecule has 0 unspecified atom stereocenters. The first-order valence-corrected chi connectivity index (χ1v) is 7.32. The third-order valence-electron chi connectivity index (χ3n) is 3.49. The van der Waals surface area contributed by atoms with Gasteiger partial charge in [0.05, 0.1) is 17.2 Å². The summed E-state index contributed by atoms with van der Waals surface area (Å²) in [5, 5.41) is 0. The van der Waals surface area contributed by atoms with Gasteiger partial charge >= 0.3 is 6.01 Å². The normalized spacial score (nSPS) is 10.7. The first-order chi connectivity index (χ1) is 11.8. The van der Waals surface area contributed by atoms with Crippen LogP contribution in [-0.2, 0) is 0 Å². The Hall–Kier alpha value is -3.54. The third kappa shape index (κ3) is 2.85. The van der Waals surface area contributed by atoms with Crippen molar-refractivity contribution in [3.05, 3.63) is 77.5 Å². The monoisotopic (exact) mass is 316 g/mol. The summed E-state index contributed by atoms with van der Waals surface area (Å²) in [6.45, 7) is 0. The first kappa shape index (κ1) is 14.1. The average Bonchev–Trinajstić information content (AvgIpc) is 2.63. The van der Waals surface area contributed by atoms with Gasteiger partial charge in [-0.05, 0) is 29.8 Å². The van der Waals surface area contributed by atoms with Crippen LogP contribution in [-0.4, -0.2) is 19.9 Å². The van der Waals surface area contributed by atoms with Crippen LogP contribution >= 0.6 is 0 Å². The van der Waals surface area contributed by atoms with Crippen molar-refractivity contribution in [3.63, 3.8) is 0 Å². The summed E-state index contributed by atoms with van der Waals surface area (Å²) in [6, 6.07) is 15.2. The summed E-state index contributed by atoms with van der Waals surface area (Å²) in [6.07, 6.45) is 4.65. The van der Waals surface area contributed by atoms with Gasteiger partial charge in [-0.25, -0.2) is 15.0 Å². The molecule has 2 aromatic carbocycles. The van der Waals surface area contributed by atoms with E-state index in [0.29, 0.717) is 16.8 Å². The lowest BCUT2D eigenvalue weighted by molar-refractivity contribution is 0.442. The molecule has 0 bridgehead atoms. The van der Waals surface area contributed by atoms with Crippen LogP contribution in [0.2, 0.25) is 0 Å². The Morgan fingerprint density at radius 2 is 1.62 bits per heavy atom. The smallest absolute Gasteiger partial charge is 0.321 e. The van der Waals surface area contributed by atoms with Crippen molar-refractivity contribution in [2.24, 2.45) is 0 Å². The number of aromatic nitrogens is 4. The van der Waals surface area contributed by atoms with E-state index >= 15 is 0 Å². The number of aromatic amines is 1. The van der Waals surface area contributed by atoms with Gasteiger partial charge in [0.2, 0.25) is 0 Å². The van der Waals surface area contributed by atoms with Crippen LogP contribution in [0.25, 0.3) is 22.2 Å². The first-order valence-electron chi connectivity index (χ1n) is 7.32. The fourth-order valence-electron chi connectivity index (χ4n) is 2.33. The molecule has 0 fully saturated rings. The van der Waals surface area contributed by atoms with Crippen LogP contribution in [0.3, 0.4) is 0 Å². The highest BCUT2D eigenvalue weighted by Crippen LogP contribution is 2.23. The molecule has 0 saturated carbocycles. The predicted octanol–water partition coefficient (Wildman–Crippen LogP) is 3.17. The lowest BCUT2D eigenvalue weighted by Gasteiger charge is -2.05. The van der Waals surface area contributed by atoms with Gasteiger partial charge in [-0.1, -0.05) is 24.3 Å². The molecule has 0 saturated heterocycles. The zero-order valence-corrected chi connectivity index (χ0v) is 12.5. The average molecular weight is 316 g/mol. The highest BCUT2D eigenvalue weighted by Gasteiger charge is 2.05. The number of para-hydroxylation sites is 1. The molecule has 24 heavy (non-hydrogen) atoms. The van der Waals surface area contributed by atoms with Crippen molar-refractivity contribution in [1.82, 2.24) is 19.9 Å². The number of benzene rings is 2. The Labute approximate surface area is 136 Å². The van der Waals surface area contributed by atoms with Gasteiger partial charge in [0, 0.05) is 18.0 Å². The van der Waals surface area contributed by atoms with E-state index in [1.807, 2.05) is 48.5 Å². The lowest BCUT2D eigenvalue weighted by Crippen LogP contribution is -2.04. The topological polar surface area (TPSA) is 80.8 Å². The van der Waals surface area contributed by atoms with E-state index < -0.39 is 0 Å². The molecule has 0 amide bonds. The largest absolute Gasteiger partial charge is 0.424 e. The number of nitrogens with one attached hydrogen (secondary N) is 1. The van der Waals surface area contributed by atoms with E-state index in [2.05, 4.69) is 19.9 Å². The minimum atomic E-state index is -0.221. The Balaban J connectivity index is 1.62. The molecule has 0 spiro atoms. The van der Waals surface area contributed by atoms with Crippen LogP contribution in [0.4, 0.5) is 0 Å². The number of nitrogens with zero attached hydrogens (tertiary/aromatic N) is 3. The molecular weight excluding hydrogens is 304 g/mol. The van der Waals surface area contributed by atoms with Crippen LogP contribution in [0, 0.1) is 0 Å². The Morgan fingerprint density at radius 3 is 2.42 bits per heavy atom. The van der Waals surface area contributed by atoms with E-state index in [1.165, 1.54) is 6.20 Å². The summed E-state index contributed by atoms with van der Waals surface area (Å²) in [5.74, 6) is 0.684. The fraction of sp³-hybridized carbons (Fsp3) is 0. The number of fused-ring (bicyclic) bond motifs is 1. The van der Waals surface area contributed by atoms with E-state index in [0.717, 1.165) is 11.1 Å². The second-order valence-electron chi connectivity index (χ2n) is 5.15. The summed E-state index contributed by atoms with van der Waals surface area (Å²) >= 11 is 0. The maximum Gasteiger partial charge on any atom is 0.321 e. The number of ether oxygens (including phenoxy) is 1. The van der Waals surface area contributed by atoms with Crippen LogP contribution in [0.15, 0.2) is 71.9 Å². The molecule has 1 N–H and O–H groups in total. The maximum atomic E-state index is 11.3. The van der Waals surface area contributed by atoms with E-state index in [4.69, 9.17) is 4.74 Å². The van der Waals surface area contributed by atoms with Crippen molar-refractivity contribution in [1.29, 1.82) is 0 Å². The summed E-state index contributed by atoms with van der Waals surface area (Å²) in [7, 11) is 0. The van der Waals surface area contributed by atoms with Gasteiger partial charge in [-0.3, -0.25) is 4.79 Å². The van der Waals surface area contributed by atoms with E-state index in [-0.39, 0.29) is 11.6 Å². The number of rotatable bonds is 3. The molecule has 0 aliphatic heterocycles. The molecule has 116 valence electrons. The Bertz CT molecular complexity index is 1040. The van der Waals surface area contributed by atoms with E-state index in [9.17, 15) is 4.79 Å². The van der Waals surface area contributed by atoms with Crippen LogP contribution in [0.1, 0.15) is 0 Å². The van der Waals surface area contributed by atoms with E-state index in [1.54, 1.807) is 12.4 Å². The quantitative estimate of drug-likeness (QED) is 0.628. The van der Waals surface area contributed by atoms with Crippen molar-refractivity contribution in [2.45, 2.75) is 0 Å². The molecule has 0 atom stereocenters. The van der Waals surface area contributed by atoms with Crippen molar-refractivity contribution >= 4 is 11.0 Å². The second kappa shape index (κ2) is 5.92. The standard InChI is InChI=1S/C18H12N4O2/c23-17-11-19-16-8-12(6-7-15(16)22-17)13-9-20-18(21-10-13)24-14-4-2-1-3-5-14/h1-11H,(H,22,23). The summed E-state index contributed by atoms with van der Waals surface area (Å²) in [5.41, 5.74) is 2.92. The molecule has 4 aromatic rings. The molecule has 4 rings (SSSR count). The second-order valence-corrected chi connectivity index (χ2v) is 5.15. The van der Waals surface area contributed by atoms with Crippen molar-refractivity contribution < 1.29 is 4.74 Å². The number of hydrogen-bond acceptors (Lipinski definition) is 5. The lowest BCUT2D eigenvalue weighted by atomic mass is 10.1. The van der Waals surface area contributed by atoms with Gasteiger partial charge < -0.3 is 9.72 Å². The minimum absolute atomic E-state index is 0.221. The molecule has 0 radical (unpaired) electrons. The minimum Gasteiger partial charge on any atom is -0.424 e. The van der Waals surface area contributed by atoms with Crippen LogP contribution < -0.4 is 10.3 Å². The van der Waals surface area contributed by atoms with Crippen molar-refractivity contribution in [3.8, 4) is 22.9 Å². The maximum absolute atomic E-state index is 11.3. The van der Waals surface area contributed by atoms with Crippen LogP contribution in [0.5, 0.6) is 11.8 Å². The predicted molar refractivity (Wildman–Crippen MR) is 89.9 cm³/mol. The Kier molecular flexibility index (Phi) is 3.47. The van der Waals surface area contributed by atoms with Gasteiger partial charge in [0.15, 0.2) is 0 Å². The van der Waals surface area contributed by atoms with Gasteiger partial charge in [-0.15, -0.1) is 0 Å². The number of H-pyrrole nitrogens is 1. The highest BCUT2D eigenvalue weighted by molar-refractivity contribution is 5.80. The third-order valence-corrected chi connectivity index (χ3v) is 3.49. The zero-order valence-electron chi connectivity index (χ0n) is 12.5. The summed E-state index contributed by atoms with van der Waals surface area (Å²) < 4.78 is 5.58. The molecule has 0 aliphatic carbocycles.